The molecule has 0 spiro atoms. The van der Waals surface area contributed by atoms with Crippen LogP contribution >= 0.6 is 23.6 Å². The third-order valence-electron chi connectivity index (χ3n) is 2.84. The number of hydrogen-bond donors (Lipinski definition) is 1. The summed E-state index contributed by atoms with van der Waals surface area (Å²) in [5.74, 6) is -0.0549. The minimum absolute atomic E-state index is 0.0549. The van der Waals surface area contributed by atoms with Crippen molar-refractivity contribution in [1.29, 1.82) is 0 Å². The lowest BCUT2D eigenvalue weighted by Crippen LogP contribution is -2.33. The third kappa shape index (κ3) is 4.57. The molecule has 0 radical (unpaired) electrons. The minimum Gasteiger partial charge on any atom is -0.393 e. The fraction of sp³-hybridized carbons (Fsp3) is 0.286. The first-order chi connectivity index (χ1) is 10.1. The van der Waals surface area contributed by atoms with Crippen LogP contribution in [0.3, 0.4) is 0 Å². The molecule has 0 saturated heterocycles. The largest absolute Gasteiger partial charge is 0.393 e. The molecule has 2 aromatic rings. The SMILES string of the molecule is Cc1ncc(C(=O)N(CCC(N)=S)Cc2cccnc2)s1. The number of thiazole rings is 1. The first-order valence-corrected chi connectivity index (χ1v) is 7.67. The monoisotopic (exact) mass is 320 g/mol. The zero-order valence-corrected chi connectivity index (χ0v) is 13.3. The van der Waals surface area contributed by atoms with Gasteiger partial charge in [-0.2, -0.15) is 0 Å². The Morgan fingerprint density at radius 2 is 2.29 bits per heavy atom. The van der Waals surface area contributed by atoms with E-state index >= 15 is 0 Å². The molecule has 0 aliphatic rings. The molecule has 7 heteroatoms. The Kier molecular flexibility index (Phi) is 5.35. The van der Waals surface area contributed by atoms with E-state index in [9.17, 15) is 4.79 Å². The molecule has 5 nitrogen and oxygen atoms in total. The van der Waals surface area contributed by atoms with Gasteiger partial charge in [0.15, 0.2) is 0 Å². The van der Waals surface area contributed by atoms with E-state index in [-0.39, 0.29) is 5.91 Å². The Morgan fingerprint density at radius 1 is 1.48 bits per heavy atom. The Labute approximate surface area is 132 Å². The van der Waals surface area contributed by atoms with E-state index in [0.717, 1.165) is 10.6 Å². The van der Waals surface area contributed by atoms with Crippen LogP contribution in [0.15, 0.2) is 30.7 Å². The van der Waals surface area contributed by atoms with Gasteiger partial charge in [-0.1, -0.05) is 18.3 Å². The number of amides is 1. The van der Waals surface area contributed by atoms with Gasteiger partial charge in [0.2, 0.25) is 0 Å². The Morgan fingerprint density at radius 3 is 2.86 bits per heavy atom. The quantitative estimate of drug-likeness (QED) is 0.826. The lowest BCUT2D eigenvalue weighted by Gasteiger charge is -2.21. The van der Waals surface area contributed by atoms with Crippen molar-refractivity contribution < 1.29 is 4.79 Å². The molecule has 0 unspecified atom stereocenters. The fourth-order valence-electron chi connectivity index (χ4n) is 1.83. The lowest BCUT2D eigenvalue weighted by molar-refractivity contribution is 0.0752. The fourth-order valence-corrected chi connectivity index (χ4v) is 2.66. The summed E-state index contributed by atoms with van der Waals surface area (Å²) in [6.45, 7) is 2.84. The van der Waals surface area contributed by atoms with E-state index in [1.807, 2.05) is 19.1 Å². The van der Waals surface area contributed by atoms with E-state index in [1.54, 1.807) is 23.5 Å². The van der Waals surface area contributed by atoms with Crippen LogP contribution in [0, 0.1) is 6.92 Å². The summed E-state index contributed by atoms with van der Waals surface area (Å²) in [5, 5.41) is 0.869. The molecule has 21 heavy (non-hydrogen) atoms. The van der Waals surface area contributed by atoms with Gasteiger partial charge in [0, 0.05) is 31.9 Å². The van der Waals surface area contributed by atoms with Crippen LogP contribution in [0.1, 0.15) is 26.7 Å². The maximum atomic E-state index is 12.6. The van der Waals surface area contributed by atoms with Gasteiger partial charge in [-0.3, -0.25) is 9.78 Å². The summed E-state index contributed by atoms with van der Waals surface area (Å²) >= 11 is 6.29. The number of thiocarbonyl (C=S) groups is 1. The van der Waals surface area contributed by atoms with Crippen LogP contribution in [-0.4, -0.2) is 32.3 Å². The molecule has 0 saturated carbocycles. The number of aryl methyl sites for hydroxylation is 1. The summed E-state index contributed by atoms with van der Waals surface area (Å²) in [6.07, 6.45) is 5.56. The zero-order chi connectivity index (χ0) is 15.2. The van der Waals surface area contributed by atoms with Gasteiger partial charge in [0.1, 0.15) is 4.88 Å². The van der Waals surface area contributed by atoms with Crippen molar-refractivity contribution in [2.75, 3.05) is 6.54 Å². The predicted octanol–water partition coefficient (Wildman–Crippen LogP) is 2.17. The highest BCUT2D eigenvalue weighted by atomic mass is 32.1. The molecule has 2 heterocycles. The molecule has 0 fully saturated rings. The van der Waals surface area contributed by atoms with Gasteiger partial charge < -0.3 is 10.6 Å². The Balaban J connectivity index is 2.14. The molecule has 2 aromatic heterocycles. The van der Waals surface area contributed by atoms with Crippen molar-refractivity contribution in [1.82, 2.24) is 14.9 Å². The third-order valence-corrected chi connectivity index (χ3v) is 3.95. The van der Waals surface area contributed by atoms with E-state index in [2.05, 4.69) is 9.97 Å². The van der Waals surface area contributed by atoms with Crippen LogP contribution in [-0.2, 0) is 6.54 Å². The number of carbonyl (C=O) groups is 1. The normalized spacial score (nSPS) is 10.3. The van der Waals surface area contributed by atoms with E-state index in [0.29, 0.717) is 29.4 Å². The van der Waals surface area contributed by atoms with Gasteiger partial charge >= 0.3 is 0 Å². The molecule has 1 amide bonds. The summed E-state index contributed by atoms with van der Waals surface area (Å²) in [4.78, 5) is 23.5. The average Bonchev–Trinajstić information content (AvgIpc) is 2.90. The van der Waals surface area contributed by atoms with Crippen LogP contribution < -0.4 is 5.73 Å². The van der Waals surface area contributed by atoms with E-state index in [1.165, 1.54) is 11.3 Å². The summed E-state index contributed by atoms with van der Waals surface area (Å²) in [5.41, 5.74) is 6.52. The Bertz CT molecular complexity index is 627. The van der Waals surface area contributed by atoms with Gasteiger partial charge in [0.05, 0.1) is 16.2 Å². The molecular formula is C14H16N4OS2. The molecule has 0 aliphatic heterocycles. The molecule has 0 aliphatic carbocycles. The van der Waals surface area contributed by atoms with E-state index in [4.69, 9.17) is 18.0 Å². The number of nitrogens with zero attached hydrogens (tertiary/aromatic N) is 3. The van der Waals surface area contributed by atoms with Crippen molar-refractivity contribution >= 4 is 34.5 Å². The average molecular weight is 320 g/mol. The summed E-state index contributed by atoms with van der Waals surface area (Å²) in [6, 6.07) is 3.79. The van der Waals surface area contributed by atoms with Gasteiger partial charge in [-0.15, -0.1) is 11.3 Å². The van der Waals surface area contributed by atoms with Gasteiger partial charge in [-0.05, 0) is 18.6 Å². The molecule has 2 rings (SSSR count). The van der Waals surface area contributed by atoms with Crippen molar-refractivity contribution in [2.45, 2.75) is 19.9 Å². The second-order valence-corrected chi connectivity index (χ2v) is 6.31. The summed E-state index contributed by atoms with van der Waals surface area (Å²) < 4.78 is 0. The highest BCUT2D eigenvalue weighted by Crippen LogP contribution is 2.16. The number of carbonyl (C=O) groups excluding carboxylic acids is 1. The highest BCUT2D eigenvalue weighted by Gasteiger charge is 2.18. The minimum atomic E-state index is -0.0549. The number of hydrogen-bond acceptors (Lipinski definition) is 5. The van der Waals surface area contributed by atoms with Gasteiger partial charge in [-0.25, -0.2) is 4.98 Å². The molecule has 110 valence electrons. The molecule has 0 bridgehead atoms. The van der Waals surface area contributed by atoms with Crippen LogP contribution in [0.4, 0.5) is 0 Å². The number of nitrogens with two attached hydrogens (primary N) is 1. The second kappa shape index (κ2) is 7.24. The maximum Gasteiger partial charge on any atom is 0.265 e. The second-order valence-electron chi connectivity index (χ2n) is 4.55. The molecular weight excluding hydrogens is 304 g/mol. The van der Waals surface area contributed by atoms with Crippen molar-refractivity contribution in [3.63, 3.8) is 0 Å². The standard InChI is InChI=1S/C14H16N4OS2/c1-10-17-8-12(21-10)14(19)18(6-4-13(15)20)9-11-3-2-5-16-7-11/h2-3,5,7-8H,4,6,9H2,1H3,(H2,15,20). The Hall–Kier alpha value is -1.86. The van der Waals surface area contributed by atoms with Crippen LogP contribution in [0.5, 0.6) is 0 Å². The first kappa shape index (κ1) is 15.5. The lowest BCUT2D eigenvalue weighted by atomic mass is 10.2. The van der Waals surface area contributed by atoms with Crippen LogP contribution in [0.25, 0.3) is 0 Å². The summed E-state index contributed by atoms with van der Waals surface area (Å²) in [7, 11) is 0. The van der Waals surface area contributed by atoms with Crippen molar-refractivity contribution in [3.05, 3.63) is 46.2 Å². The van der Waals surface area contributed by atoms with E-state index < -0.39 is 0 Å². The first-order valence-electron chi connectivity index (χ1n) is 6.45. The number of rotatable bonds is 6. The number of aromatic nitrogens is 2. The maximum absolute atomic E-state index is 12.6. The molecule has 0 atom stereocenters. The molecule has 0 aromatic carbocycles. The van der Waals surface area contributed by atoms with Crippen LogP contribution in [0.2, 0.25) is 0 Å². The van der Waals surface area contributed by atoms with Crippen molar-refractivity contribution in [2.24, 2.45) is 5.73 Å². The van der Waals surface area contributed by atoms with Gasteiger partial charge in [0.25, 0.3) is 5.91 Å². The predicted molar refractivity (Wildman–Crippen MR) is 87.2 cm³/mol. The van der Waals surface area contributed by atoms with Crippen molar-refractivity contribution in [3.8, 4) is 0 Å². The topological polar surface area (TPSA) is 72.1 Å². The highest BCUT2D eigenvalue weighted by molar-refractivity contribution is 7.80. The smallest absolute Gasteiger partial charge is 0.265 e. The molecule has 2 N–H and O–H groups in total. The number of pyridine rings is 1. The zero-order valence-electron chi connectivity index (χ0n) is 11.7.